The smallest absolute Gasteiger partial charge is 0.290 e. The molecular weight excluding hydrogens is 560 g/mol. The van der Waals surface area contributed by atoms with E-state index in [0.717, 1.165) is 49.8 Å². The van der Waals surface area contributed by atoms with Gasteiger partial charge >= 0.3 is 0 Å². The molecule has 6 fully saturated rings. The van der Waals surface area contributed by atoms with Crippen LogP contribution in [0.2, 0.25) is 0 Å². The predicted molar refractivity (Wildman–Crippen MR) is 187 cm³/mol. The Hall–Kier alpha value is -0.950. The highest BCUT2D eigenvalue weighted by Gasteiger charge is 2.82. The highest BCUT2D eigenvalue weighted by Crippen LogP contribution is 2.88. The zero-order valence-electron chi connectivity index (χ0n) is 29.8. The van der Waals surface area contributed by atoms with Crippen molar-refractivity contribution in [3.05, 3.63) is 11.6 Å². The van der Waals surface area contributed by atoms with Crippen molar-refractivity contribution in [3.63, 3.8) is 0 Å². The summed E-state index contributed by atoms with van der Waals surface area (Å²) in [6.07, 6.45) is 18.1. The second-order valence-corrected chi connectivity index (χ2v) is 17.2. The first kappa shape index (κ1) is 38.5. The molecule has 45 heavy (non-hydrogen) atoms. The summed E-state index contributed by atoms with van der Waals surface area (Å²) >= 11 is 0. The Kier molecular flexibility index (Phi) is 11.9. The Morgan fingerprint density at radius 1 is 1.02 bits per heavy atom. The van der Waals surface area contributed by atoms with Crippen molar-refractivity contribution in [2.75, 3.05) is 26.8 Å². The molecule has 2 spiro atoms. The van der Waals surface area contributed by atoms with Crippen LogP contribution in [0, 0.1) is 56.2 Å². The van der Waals surface area contributed by atoms with Crippen molar-refractivity contribution in [1.82, 2.24) is 0 Å². The Morgan fingerprint density at radius 2 is 1.67 bits per heavy atom. The first-order chi connectivity index (χ1) is 20.7. The van der Waals surface area contributed by atoms with Crippen LogP contribution in [0.1, 0.15) is 133 Å². The summed E-state index contributed by atoms with van der Waals surface area (Å²) in [4.78, 5) is 8.36. The van der Waals surface area contributed by atoms with E-state index in [1.807, 2.05) is 12.7 Å². The molecule has 0 aromatic rings. The van der Waals surface area contributed by atoms with Crippen LogP contribution >= 0.6 is 0 Å². The molecule has 6 unspecified atom stereocenters. The van der Waals surface area contributed by atoms with E-state index in [1.54, 1.807) is 0 Å². The number of hydrogen-bond donors (Lipinski definition) is 3. The average molecular weight is 633 g/mol. The lowest BCUT2D eigenvalue weighted by molar-refractivity contribution is -0.150. The summed E-state index contributed by atoms with van der Waals surface area (Å²) in [5, 5.41) is 6.89. The van der Waals surface area contributed by atoms with Crippen LogP contribution in [-0.2, 0) is 14.3 Å². The van der Waals surface area contributed by atoms with Gasteiger partial charge in [0.05, 0.1) is 12.2 Å². The summed E-state index contributed by atoms with van der Waals surface area (Å²) in [6.45, 7) is 22.3. The first-order valence-corrected chi connectivity index (χ1v) is 18.0. The molecule has 11 atom stereocenters. The molecule has 7 aliphatic carbocycles. The Morgan fingerprint density at radius 3 is 2.20 bits per heavy atom. The monoisotopic (exact) mass is 633 g/mol. The van der Waals surface area contributed by atoms with Gasteiger partial charge in [0.25, 0.3) is 6.47 Å². The van der Waals surface area contributed by atoms with Crippen molar-refractivity contribution in [3.8, 4) is 0 Å². The van der Waals surface area contributed by atoms with Crippen LogP contribution in [0.4, 0.5) is 0 Å². The number of rotatable bonds is 7. The molecule has 2 bridgehead atoms. The minimum atomic E-state index is -0.250. The van der Waals surface area contributed by atoms with Crippen LogP contribution < -0.4 is 11.5 Å². The van der Waals surface area contributed by atoms with Gasteiger partial charge in [0.1, 0.15) is 0 Å². The largest absolute Gasteiger partial charge is 0.483 e. The molecule has 0 aromatic carbocycles. The molecule has 6 heteroatoms. The summed E-state index contributed by atoms with van der Waals surface area (Å²) in [5.41, 5.74) is 14.6. The van der Waals surface area contributed by atoms with Gasteiger partial charge in [-0.05, 0) is 136 Å². The highest BCUT2D eigenvalue weighted by molar-refractivity contribution is 5.44. The number of fused-ring (bicyclic) bond motifs is 6. The maximum atomic E-state index is 8.36. The lowest BCUT2D eigenvalue weighted by atomic mass is 9.38. The normalized spacial score (nSPS) is 46.1. The van der Waals surface area contributed by atoms with E-state index in [9.17, 15) is 0 Å². The van der Waals surface area contributed by atoms with Gasteiger partial charge in [-0.25, -0.2) is 0 Å². The Bertz CT molecular complexity index is 1050. The number of allylic oxidation sites excluding steroid dienone is 2. The van der Waals surface area contributed by atoms with E-state index in [0.29, 0.717) is 27.1 Å². The quantitative estimate of drug-likeness (QED) is 0.192. The molecule has 7 aliphatic rings. The van der Waals surface area contributed by atoms with E-state index >= 15 is 0 Å². The highest BCUT2D eigenvalue weighted by atomic mass is 16.5. The van der Waals surface area contributed by atoms with Crippen molar-refractivity contribution >= 4 is 6.47 Å². The Labute approximate surface area is 277 Å². The fraction of sp³-hybridized carbons (Fsp3) is 0.923. The second-order valence-electron chi connectivity index (χ2n) is 17.2. The van der Waals surface area contributed by atoms with Gasteiger partial charge < -0.3 is 26.0 Å². The fourth-order valence-electron chi connectivity index (χ4n) is 12.4. The van der Waals surface area contributed by atoms with Crippen molar-refractivity contribution in [2.45, 2.75) is 146 Å². The molecule has 6 nitrogen and oxygen atoms in total. The van der Waals surface area contributed by atoms with Crippen LogP contribution in [0.15, 0.2) is 11.6 Å². The van der Waals surface area contributed by atoms with Gasteiger partial charge in [-0.3, -0.25) is 4.79 Å². The first-order valence-electron chi connectivity index (χ1n) is 18.0. The third kappa shape index (κ3) is 5.78. The minimum Gasteiger partial charge on any atom is -0.483 e. The van der Waals surface area contributed by atoms with Crippen molar-refractivity contribution < 1.29 is 19.4 Å². The average Bonchev–Trinajstić information content (AvgIpc) is 3.67. The number of methoxy groups -OCH3 is 1. The lowest BCUT2D eigenvalue weighted by Crippen LogP contribution is -2.58. The molecule has 7 rings (SSSR count). The van der Waals surface area contributed by atoms with Crippen LogP contribution in [0.5, 0.6) is 0 Å². The minimum absolute atomic E-state index is 0. The van der Waals surface area contributed by atoms with Gasteiger partial charge in [0.2, 0.25) is 0 Å². The third-order valence-electron chi connectivity index (χ3n) is 15.3. The molecular formula is C39H72N2O4. The van der Waals surface area contributed by atoms with Gasteiger partial charge in [0, 0.05) is 24.5 Å². The predicted octanol–water partition coefficient (Wildman–Crippen LogP) is 8.47. The molecule has 0 heterocycles. The van der Waals surface area contributed by atoms with E-state index < -0.39 is 0 Å². The standard InChI is InChI=1S/C34H56O2.C3H10N2.CH2O2.CH4/c1-10-36-28-26(35-9)19-33-18-16-31(28,7)27-12-11-24-25(34(27,33)21-33)13-14-30(6)20-29(5,23(4)22(2)3)15-17-32(24,30)8;4-2-1-3-5;2-1-3;/h13,22-24,26-28H,10-12,14-21H2,1-9H3;1-5H2;1H,(H,2,3);1H4/t23-,24?,26-,27?,28?,29+,30+,31+,32?,33?,34?;;;/m1.../s1. The number of carbonyl (C=O) groups is 1. The summed E-state index contributed by atoms with van der Waals surface area (Å²) in [6, 6.07) is 0. The molecule has 0 saturated heterocycles. The van der Waals surface area contributed by atoms with E-state index in [4.69, 9.17) is 30.8 Å². The molecule has 5 N–H and O–H groups in total. The van der Waals surface area contributed by atoms with Gasteiger partial charge in [-0.1, -0.05) is 67.5 Å². The SMILES string of the molecule is C.CCOC1[C@H](OC)CC23CC[C@@]1(C)C1CCC4C(=CC[C@@]5(C)C[C@@](C)([C@H](C)C(C)C)CCC45C)C12C3.NCCCN.O=CO. The topological polar surface area (TPSA) is 108 Å². The number of ether oxygens (including phenoxy) is 2. The second kappa shape index (κ2) is 13.9. The molecule has 0 aliphatic heterocycles. The Balaban J connectivity index is 0.000000553. The molecule has 6 saturated carbocycles. The maximum absolute atomic E-state index is 8.36. The van der Waals surface area contributed by atoms with Crippen molar-refractivity contribution in [2.24, 2.45) is 67.6 Å². The van der Waals surface area contributed by atoms with Crippen LogP contribution in [0.25, 0.3) is 0 Å². The van der Waals surface area contributed by atoms with Gasteiger partial charge in [0.15, 0.2) is 0 Å². The molecule has 262 valence electrons. The number of carboxylic acid groups (broad SMARTS) is 1. The van der Waals surface area contributed by atoms with Crippen molar-refractivity contribution in [1.29, 1.82) is 0 Å². The summed E-state index contributed by atoms with van der Waals surface area (Å²) in [7, 11) is 1.95. The van der Waals surface area contributed by atoms with Gasteiger partial charge in [-0.15, -0.1) is 0 Å². The van der Waals surface area contributed by atoms with E-state index in [1.165, 1.54) is 64.2 Å². The third-order valence-corrected chi connectivity index (χ3v) is 15.3. The van der Waals surface area contributed by atoms with Crippen LogP contribution in [-0.4, -0.2) is 50.6 Å². The zero-order chi connectivity index (χ0) is 32.8. The van der Waals surface area contributed by atoms with Crippen LogP contribution in [0.3, 0.4) is 0 Å². The summed E-state index contributed by atoms with van der Waals surface area (Å²) in [5.74, 6) is 3.14. The zero-order valence-corrected chi connectivity index (χ0v) is 29.8. The fourth-order valence-corrected chi connectivity index (χ4v) is 12.4. The van der Waals surface area contributed by atoms with E-state index in [2.05, 4.69) is 61.5 Å². The molecule has 0 radical (unpaired) electrons. The number of nitrogens with two attached hydrogens (primary N) is 2. The number of hydrogen-bond acceptors (Lipinski definition) is 5. The lowest BCUT2D eigenvalue weighted by Gasteiger charge is -2.66. The molecule has 0 amide bonds. The summed E-state index contributed by atoms with van der Waals surface area (Å²) < 4.78 is 12.8. The van der Waals surface area contributed by atoms with E-state index in [-0.39, 0.29) is 31.5 Å². The van der Waals surface area contributed by atoms with Gasteiger partial charge in [-0.2, -0.15) is 0 Å². The maximum Gasteiger partial charge on any atom is 0.290 e. The molecule has 0 aromatic heterocycles.